The molecule has 0 aliphatic carbocycles. The normalized spacial score (nSPS) is 15.9. The molecular formula is C20H27FN4O. The Morgan fingerprint density at radius 3 is 2.69 bits per heavy atom. The Hall–Kier alpha value is -2.21. The molecule has 0 bridgehead atoms. The van der Waals surface area contributed by atoms with Crippen molar-refractivity contribution in [3.63, 3.8) is 0 Å². The number of hydrogen-bond donors (Lipinski definition) is 1. The molecule has 2 heterocycles. The predicted molar refractivity (Wildman–Crippen MR) is 99.0 cm³/mol. The molecule has 1 aromatic heterocycles. The van der Waals surface area contributed by atoms with E-state index in [1.165, 1.54) is 12.1 Å². The SMILES string of the molecule is CCc1nccn1CC1CCN(CC(=O)NCc2ccc(F)cc2)CC1. The first-order valence-corrected chi connectivity index (χ1v) is 9.37. The molecule has 1 saturated heterocycles. The number of hydrogen-bond acceptors (Lipinski definition) is 3. The van der Waals surface area contributed by atoms with Gasteiger partial charge in [-0.3, -0.25) is 9.69 Å². The van der Waals surface area contributed by atoms with Crippen molar-refractivity contribution < 1.29 is 9.18 Å². The number of nitrogens with zero attached hydrogens (tertiary/aromatic N) is 3. The van der Waals surface area contributed by atoms with Crippen LogP contribution in [0, 0.1) is 11.7 Å². The summed E-state index contributed by atoms with van der Waals surface area (Å²) < 4.78 is 15.1. The highest BCUT2D eigenvalue weighted by molar-refractivity contribution is 5.78. The zero-order valence-corrected chi connectivity index (χ0v) is 15.3. The first kappa shape index (κ1) is 18.6. The van der Waals surface area contributed by atoms with Gasteiger partial charge in [0.25, 0.3) is 0 Å². The fourth-order valence-electron chi connectivity index (χ4n) is 3.49. The maximum atomic E-state index is 12.9. The molecule has 1 fully saturated rings. The number of aromatic nitrogens is 2. The number of imidazole rings is 1. The van der Waals surface area contributed by atoms with E-state index < -0.39 is 0 Å². The van der Waals surface area contributed by atoms with Crippen molar-refractivity contribution in [3.8, 4) is 0 Å². The highest BCUT2D eigenvalue weighted by Crippen LogP contribution is 2.19. The molecule has 26 heavy (non-hydrogen) atoms. The van der Waals surface area contributed by atoms with Crippen LogP contribution in [0.4, 0.5) is 4.39 Å². The number of halogens is 1. The van der Waals surface area contributed by atoms with Crippen LogP contribution in [0.25, 0.3) is 0 Å². The van der Waals surface area contributed by atoms with Gasteiger partial charge < -0.3 is 9.88 Å². The third-order valence-corrected chi connectivity index (χ3v) is 5.05. The van der Waals surface area contributed by atoms with E-state index in [9.17, 15) is 9.18 Å². The number of amides is 1. The summed E-state index contributed by atoms with van der Waals surface area (Å²) in [6.45, 7) is 5.92. The molecule has 140 valence electrons. The van der Waals surface area contributed by atoms with Gasteiger partial charge in [-0.2, -0.15) is 0 Å². The quantitative estimate of drug-likeness (QED) is 0.828. The third kappa shape index (κ3) is 5.14. The topological polar surface area (TPSA) is 50.2 Å². The molecule has 1 aliphatic heterocycles. The molecule has 0 atom stereocenters. The Kier molecular flexibility index (Phi) is 6.39. The van der Waals surface area contributed by atoms with Crippen LogP contribution in [0.3, 0.4) is 0 Å². The van der Waals surface area contributed by atoms with E-state index in [0.29, 0.717) is 19.0 Å². The highest BCUT2D eigenvalue weighted by Gasteiger charge is 2.21. The fourth-order valence-corrected chi connectivity index (χ4v) is 3.49. The third-order valence-electron chi connectivity index (χ3n) is 5.05. The van der Waals surface area contributed by atoms with Crippen molar-refractivity contribution >= 4 is 5.91 Å². The van der Waals surface area contributed by atoms with Gasteiger partial charge in [0.1, 0.15) is 11.6 Å². The lowest BCUT2D eigenvalue weighted by atomic mass is 9.96. The number of piperidine rings is 1. The Morgan fingerprint density at radius 1 is 1.27 bits per heavy atom. The summed E-state index contributed by atoms with van der Waals surface area (Å²) in [5.41, 5.74) is 0.908. The second-order valence-corrected chi connectivity index (χ2v) is 6.97. The minimum absolute atomic E-state index is 0.0238. The summed E-state index contributed by atoms with van der Waals surface area (Å²) in [4.78, 5) is 18.7. The molecule has 1 aliphatic rings. The standard InChI is InChI=1S/C20H27FN4O/c1-2-19-22-9-12-25(19)14-17-7-10-24(11-8-17)15-20(26)23-13-16-3-5-18(21)6-4-16/h3-6,9,12,17H,2,7-8,10-11,13-15H2,1H3,(H,23,26). The second kappa shape index (κ2) is 8.94. The summed E-state index contributed by atoms with van der Waals surface area (Å²) in [7, 11) is 0. The van der Waals surface area contributed by atoms with Gasteiger partial charge in [-0.15, -0.1) is 0 Å². The lowest BCUT2D eigenvalue weighted by Crippen LogP contribution is -2.41. The monoisotopic (exact) mass is 358 g/mol. The molecule has 6 heteroatoms. The molecule has 0 spiro atoms. The summed E-state index contributed by atoms with van der Waals surface area (Å²) >= 11 is 0. The van der Waals surface area contributed by atoms with Crippen LogP contribution in [-0.2, 0) is 24.3 Å². The van der Waals surface area contributed by atoms with E-state index in [4.69, 9.17) is 0 Å². The number of carbonyl (C=O) groups excluding carboxylic acids is 1. The van der Waals surface area contributed by atoms with Gasteiger partial charge in [0.15, 0.2) is 0 Å². The van der Waals surface area contributed by atoms with Crippen LogP contribution in [0.5, 0.6) is 0 Å². The van der Waals surface area contributed by atoms with Crippen molar-refractivity contribution in [3.05, 3.63) is 53.9 Å². The molecule has 3 rings (SSSR count). The van der Waals surface area contributed by atoms with Gasteiger partial charge in [-0.1, -0.05) is 19.1 Å². The molecule has 1 aromatic carbocycles. The van der Waals surface area contributed by atoms with E-state index in [-0.39, 0.29) is 11.7 Å². The molecule has 1 N–H and O–H groups in total. The average Bonchev–Trinajstić information content (AvgIpc) is 3.10. The smallest absolute Gasteiger partial charge is 0.234 e. The largest absolute Gasteiger partial charge is 0.351 e. The summed E-state index contributed by atoms with van der Waals surface area (Å²) in [6, 6.07) is 6.22. The zero-order chi connectivity index (χ0) is 18.4. The molecule has 0 unspecified atom stereocenters. The lowest BCUT2D eigenvalue weighted by molar-refractivity contribution is -0.122. The van der Waals surface area contributed by atoms with E-state index >= 15 is 0 Å². The Bertz CT molecular complexity index is 705. The minimum atomic E-state index is -0.260. The lowest BCUT2D eigenvalue weighted by Gasteiger charge is -2.31. The van der Waals surface area contributed by atoms with Crippen molar-refractivity contribution in [1.29, 1.82) is 0 Å². The maximum absolute atomic E-state index is 12.9. The van der Waals surface area contributed by atoms with Crippen LogP contribution < -0.4 is 5.32 Å². The van der Waals surface area contributed by atoms with Crippen molar-refractivity contribution in [2.75, 3.05) is 19.6 Å². The maximum Gasteiger partial charge on any atom is 0.234 e. The van der Waals surface area contributed by atoms with Crippen LogP contribution in [0.2, 0.25) is 0 Å². The summed E-state index contributed by atoms with van der Waals surface area (Å²) in [6.07, 6.45) is 7.10. The fraction of sp³-hybridized carbons (Fsp3) is 0.500. The number of benzene rings is 1. The number of rotatable bonds is 7. The van der Waals surface area contributed by atoms with Crippen molar-refractivity contribution in [2.45, 2.75) is 39.3 Å². The minimum Gasteiger partial charge on any atom is -0.351 e. The van der Waals surface area contributed by atoms with Gasteiger partial charge in [-0.05, 0) is 49.5 Å². The number of carbonyl (C=O) groups is 1. The first-order valence-electron chi connectivity index (χ1n) is 9.37. The van der Waals surface area contributed by atoms with Crippen LogP contribution >= 0.6 is 0 Å². The first-order chi connectivity index (χ1) is 12.6. The van der Waals surface area contributed by atoms with E-state index in [1.54, 1.807) is 12.1 Å². The Morgan fingerprint density at radius 2 is 2.00 bits per heavy atom. The molecule has 5 nitrogen and oxygen atoms in total. The zero-order valence-electron chi connectivity index (χ0n) is 15.3. The van der Waals surface area contributed by atoms with E-state index in [1.807, 2.05) is 6.20 Å². The van der Waals surface area contributed by atoms with Gasteiger partial charge in [-0.25, -0.2) is 9.37 Å². The average molecular weight is 358 g/mol. The van der Waals surface area contributed by atoms with Crippen molar-refractivity contribution in [2.24, 2.45) is 5.92 Å². The Labute approximate surface area is 154 Å². The Balaban J connectivity index is 1.38. The van der Waals surface area contributed by atoms with Crippen LogP contribution in [0.1, 0.15) is 31.2 Å². The van der Waals surface area contributed by atoms with E-state index in [2.05, 4.69) is 32.9 Å². The molecule has 1 amide bonds. The van der Waals surface area contributed by atoms with Crippen molar-refractivity contribution in [1.82, 2.24) is 19.8 Å². The number of nitrogens with one attached hydrogen (secondary N) is 1. The predicted octanol–water partition coefficient (Wildman–Crippen LogP) is 2.61. The number of aryl methyl sites for hydroxylation is 1. The summed E-state index contributed by atoms with van der Waals surface area (Å²) in [5, 5.41) is 2.91. The molecule has 0 saturated carbocycles. The van der Waals surface area contributed by atoms with Gasteiger partial charge in [0, 0.05) is 31.9 Å². The van der Waals surface area contributed by atoms with Crippen LogP contribution in [-0.4, -0.2) is 40.0 Å². The summed E-state index contributed by atoms with van der Waals surface area (Å²) in [5.74, 6) is 1.56. The number of likely N-dealkylation sites (tertiary alicyclic amines) is 1. The van der Waals surface area contributed by atoms with Gasteiger partial charge in [0.2, 0.25) is 5.91 Å². The molecule has 0 radical (unpaired) electrons. The molecular weight excluding hydrogens is 331 g/mol. The van der Waals surface area contributed by atoms with Gasteiger partial charge >= 0.3 is 0 Å². The highest BCUT2D eigenvalue weighted by atomic mass is 19.1. The van der Waals surface area contributed by atoms with E-state index in [0.717, 1.165) is 50.3 Å². The van der Waals surface area contributed by atoms with Crippen LogP contribution in [0.15, 0.2) is 36.7 Å². The molecule has 2 aromatic rings. The van der Waals surface area contributed by atoms with Gasteiger partial charge in [0.05, 0.1) is 6.54 Å². The second-order valence-electron chi connectivity index (χ2n) is 6.97.